The highest BCUT2D eigenvalue weighted by molar-refractivity contribution is 5.87. The Bertz CT molecular complexity index is 268. The predicted molar refractivity (Wildman–Crippen MR) is 62.6 cm³/mol. The molecule has 0 heterocycles. The van der Waals surface area contributed by atoms with E-state index in [1.54, 1.807) is 0 Å². The molecule has 0 aromatic carbocycles. The minimum absolute atomic E-state index is 0.0116. The average Bonchev–Trinajstić information content (AvgIpc) is 2.62. The molecule has 0 aromatic rings. The second-order valence-electron chi connectivity index (χ2n) is 5.23. The van der Waals surface area contributed by atoms with Crippen LogP contribution in [0.5, 0.6) is 0 Å². The van der Waals surface area contributed by atoms with Gasteiger partial charge in [-0.15, -0.1) is 0 Å². The van der Waals surface area contributed by atoms with Crippen molar-refractivity contribution in [1.29, 1.82) is 0 Å². The normalized spacial score (nSPS) is 18.7. The summed E-state index contributed by atoms with van der Waals surface area (Å²) in [6.45, 7) is 4.21. The summed E-state index contributed by atoms with van der Waals surface area (Å²) in [5.41, 5.74) is 4.78. The Morgan fingerprint density at radius 1 is 1.31 bits per heavy atom. The van der Waals surface area contributed by atoms with Crippen LogP contribution in [0.15, 0.2) is 0 Å². The van der Waals surface area contributed by atoms with Crippen molar-refractivity contribution in [2.45, 2.75) is 46.0 Å². The monoisotopic (exact) mass is 226 g/mol. The number of primary amides is 1. The van der Waals surface area contributed by atoms with E-state index < -0.39 is 5.91 Å². The van der Waals surface area contributed by atoms with Crippen LogP contribution in [0, 0.1) is 11.3 Å². The van der Waals surface area contributed by atoms with E-state index in [9.17, 15) is 9.59 Å². The molecule has 16 heavy (non-hydrogen) atoms. The standard InChI is InChI=1S/C12H22N2O2/c1-9(2)7-12(5-3-4-6-12)11(16)14-8-10(13)15/h9H,3-8H2,1-2H3,(H2,13,15)(H,14,16). The number of rotatable bonds is 5. The van der Waals surface area contributed by atoms with Crippen LogP contribution in [-0.2, 0) is 9.59 Å². The first-order valence-electron chi connectivity index (χ1n) is 6.03. The average molecular weight is 226 g/mol. The van der Waals surface area contributed by atoms with E-state index >= 15 is 0 Å². The van der Waals surface area contributed by atoms with Crippen LogP contribution >= 0.6 is 0 Å². The second kappa shape index (κ2) is 5.32. The first-order valence-corrected chi connectivity index (χ1v) is 6.03. The molecule has 3 N–H and O–H groups in total. The smallest absolute Gasteiger partial charge is 0.236 e. The third-order valence-corrected chi connectivity index (χ3v) is 3.26. The first-order chi connectivity index (χ1) is 7.46. The molecule has 4 nitrogen and oxygen atoms in total. The number of hydrogen-bond donors (Lipinski definition) is 2. The van der Waals surface area contributed by atoms with E-state index in [1.807, 2.05) is 0 Å². The number of amides is 2. The van der Waals surface area contributed by atoms with Gasteiger partial charge in [0.05, 0.1) is 6.54 Å². The van der Waals surface area contributed by atoms with Crippen molar-refractivity contribution in [3.8, 4) is 0 Å². The molecule has 0 aliphatic heterocycles. The van der Waals surface area contributed by atoms with E-state index in [-0.39, 0.29) is 17.9 Å². The lowest BCUT2D eigenvalue weighted by Gasteiger charge is -2.29. The number of nitrogens with two attached hydrogens (primary N) is 1. The fourth-order valence-corrected chi connectivity index (χ4v) is 2.71. The van der Waals surface area contributed by atoms with Gasteiger partial charge in [-0.3, -0.25) is 9.59 Å². The lowest BCUT2D eigenvalue weighted by molar-refractivity contribution is -0.133. The molecule has 0 spiro atoms. The Morgan fingerprint density at radius 3 is 2.31 bits per heavy atom. The van der Waals surface area contributed by atoms with Gasteiger partial charge in [0, 0.05) is 5.41 Å². The summed E-state index contributed by atoms with van der Waals surface area (Å²) in [6.07, 6.45) is 5.00. The van der Waals surface area contributed by atoms with Gasteiger partial charge >= 0.3 is 0 Å². The number of carbonyl (C=O) groups excluding carboxylic acids is 2. The molecule has 0 bridgehead atoms. The topological polar surface area (TPSA) is 72.2 Å². The summed E-state index contributed by atoms with van der Waals surface area (Å²) in [6, 6.07) is 0. The zero-order chi connectivity index (χ0) is 12.2. The second-order valence-corrected chi connectivity index (χ2v) is 5.23. The summed E-state index contributed by atoms with van der Waals surface area (Å²) in [7, 11) is 0. The maximum absolute atomic E-state index is 12.1. The van der Waals surface area contributed by atoms with Crippen LogP contribution in [-0.4, -0.2) is 18.4 Å². The summed E-state index contributed by atoms with van der Waals surface area (Å²) in [5.74, 6) is 0.0287. The highest BCUT2D eigenvalue weighted by atomic mass is 16.2. The summed E-state index contributed by atoms with van der Waals surface area (Å²) in [5, 5.41) is 2.66. The van der Waals surface area contributed by atoms with Crippen molar-refractivity contribution in [2.75, 3.05) is 6.54 Å². The van der Waals surface area contributed by atoms with Crippen LogP contribution in [0.4, 0.5) is 0 Å². The van der Waals surface area contributed by atoms with Gasteiger partial charge < -0.3 is 11.1 Å². The van der Waals surface area contributed by atoms with E-state index in [4.69, 9.17) is 5.73 Å². The van der Waals surface area contributed by atoms with E-state index in [2.05, 4.69) is 19.2 Å². The Labute approximate surface area is 97.0 Å². The highest BCUT2D eigenvalue weighted by Gasteiger charge is 2.41. The lowest BCUT2D eigenvalue weighted by Crippen LogP contribution is -2.43. The van der Waals surface area contributed by atoms with Crippen LogP contribution < -0.4 is 11.1 Å². The molecule has 1 aliphatic carbocycles. The minimum atomic E-state index is -0.481. The van der Waals surface area contributed by atoms with Crippen LogP contribution in [0.2, 0.25) is 0 Å². The maximum Gasteiger partial charge on any atom is 0.236 e. The molecule has 0 aromatic heterocycles. The van der Waals surface area contributed by atoms with Crippen molar-refractivity contribution in [3.63, 3.8) is 0 Å². The molecular weight excluding hydrogens is 204 g/mol. The third kappa shape index (κ3) is 3.22. The lowest BCUT2D eigenvalue weighted by atomic mass is 9.77. The largest absolute Gasteiger partial charge is 0.368 e. The SMILES string of the molecule is CC(C)CC1(C(=O)NCC(N)=O)CCCC1. The highest BCUT2D eigenvalue weighted by Crippen LogP contribution is 2.43. The van der Waals surface area contributed by atoms with Gasteiger partial charge in [0.2, 0.25) is 11.8 Å². The zero-order valence-electron chi connectivity index (χ0n) is 10.2. The van der Waals surface area contributed by atoms with Gasteiger partial charge in [0.15, 0.2) is 0 Å². The predicted octanol–water partition coefficient (Wildman–Crippen LogP) is 1.19. The van der Waals surface area contributed by atoms with Gasteiger partial charge in [0.25, 0.3) is 0 Å². The Balaban J connectivity index is 2.61. The summed E-state index contributed by atoms with van der Waals surface area (Å²) in [4.78, 5) is 22.7. The molecule has 4 heteroatoms. The van der Waals surface area contributed by atoms with E-state index in [0.717, 1.165) is 32.1 Å². The van der Waals surface area contributed by atoms with Crippen molar-refractivity contribution >= 4 is 11.8 Å². The zero-order valence-corrected chi connectivity index (χ0v) is 10.2. The fourth-order valence-electron chi connectivity index (χ4n) is 2.71. The van der Waals surface area contributed by atoms with Crippen LogP contribution in [0.1, 0.15) is 46.0 Å². The molecule has 1 fully saturated rings. The summed E-state index contributed by atoms with van der Waals surface area (Å²) >= 11 is 0. The minimum Gasteiger partial charge on any atom is -0.368 e. The van der Waals surface area contributed by atoms with Gasteiger partial charge in [-0.1, -0.05) is 26.7 Å². The number of hydrogen-bond acceptors (Lipinski definition) is 2. The number of carbonyl (C=O) groups is 2. The molecule has 0 radical (unpaired) electrons. The Kier molecular flexibility index (Phi) is 4.33. The van der Waals surface area contributed by atoms with E-state index in [1.165, 1.54) is 0 Å². The molecule has 0 atom stereocenters. The van der Waals surface area contributed by atoms with Crippen molar-refractivity contribution in [1.82, 2.24) is 5.32 Å². The molecular formula is C12H22N2O2. The van der Waals surface area contributed by atoms with Crippen molar-refractivity contribution in [2.24, 2.45) is 17.1 Å². The maximum atomic E-state index is 12.1. The van der Waals surface area contributed by atoms with Gasteiger partial charge in [-0.2, -0.15) is 0 Å². The first kappa shape index (κ1) is 13.0. The van der Waals surface area contributed by atoms with Crippen molar-refractivity contribution in [3.05, 3.63) is 0 Å². The molecule has 1 aliphatic rings. The van der Waals surface area contributed by atoms with Gasteiger partial charge in [-0.25, -0.2) is 0 Å². The molecule has 1 saturated carbocycles. The molecule has 92 valence electrons. The molecule has 0 unspecified atom stereocenters. The molecule has 0 saturated heterocycles. The number of nitrogens with one attached hydrogen (secondary N) is 1. The van der Waals surface area contributed by atoms with Crippen LogP contribution in [0.3, 0.4) is 0 Å². The van der Waals surface area contributed by atoms with Gasteiger partial charge in [-0.05, 0) is 25.2 Å². The summed E-state index contributed by atoms with van der Waals surface area (Å²) < 4.78 is 0. The fraction of sp³-hybridized carbons (Fsp3) is 0.833. The molecule has 1 rings (SSSR count). The quantitative estimate of drug-likeness (QED) is 0.739. The van der Waals surface area contributed by atoms with E-state index in [0.29, 0.717) is 5.92 Å². The molecule has 2 amide bonds. The van der Waals surface area contributed by atoms with Crippen LogP contribution in [0.25, 0.3) is 0 Å². The van der Waals surface area contributed by atoms with Gasteiger partial charge in [0.1, 0.15) is 0 Å². The third-order valence-electron chi connectivity index (χ3n) is 3.26. The van der Waals surface area contributed by atoms with Crippen molar-refractivity contribution < 1.29 is 9.59 Å². The Hall–Kier alpha value is -1.06. The Morgan fingerprint density at radius 2 is 1.88 bits per heavy atom.